The average molecular weight is 361 g/mol. The van der Waals surface area contributed by atoms with Crippen LogP contribution in [0.25, 0.3) is 0 Å². The minimum absolute atomic E-state index is 0.238. The van der Waals surface area contributed by atoms with Gasteiger partial charge < -0.3 is 10.1 Å². The summed E-state index contributed by atoms with van der Waals surface area (Å²) in [6.07, 6.45) is 0.627. The molecule has 6 heteroatoms. The van der Waals surface area contributed by atoms with Crippen molar-refractivity contribution in [2.24, 2.45) is 0 Å². The average Bonchev–Trinajstić information content (AvgIpc) is 2.62. The fourth-order valence-electron chi connectivity index (χ4n) is 2.08. The maximum atomic E-state index is 13.4. The second-order valence-electron chi connectivity index (χ2n) is 5.26. The first-order chi connectivity index (χ1) is 12.1. The fourth-order valence-corrected chi connectivity index (χ4v) is 2.93. The lowest BCUT2D eigenvalue weighted by atomic mass is 10.1. The summed E-state index contributed by atoms with van der Waals surface area (Å²) in [5.74, 6) is -0.496. The van der Waals surface area contributed by atoms with Gasteiger partial charge in [0.2, 0.25) is 0 Å². The van der Waals surface area contributed by atoms with Crippen LogP contribution in [0.3, 0.4) is 0 Å². The fraction of sp³-hybridized carbons (Fsp3) is 0.263. The Labute approximate surface area is 150 Å². The van der Waals surface area contributed by atoms with E-state index in [-0.39, 0.29) is 24.8 Å². The van der Waals surface area contributed by atoms with E-state index in [0.717, 1.165) is 4.90 Å². The number of carbonyl (C=O) groups excluding carboxylic acids is 2. The zero-order valence-electron chi connectivity index (χ0n) is 13.7. The van der Waals surface area contributed by atoms with Gasteiger partial charge in [-0.2, -0.15) is 0 Å². The van der Waals surface area contributed by atoms with Crippen LogP contribution in [0.1, 0.15) is 12.0 Å². The van der Waals surface area contributed by atoms with Crippen LogP contribution in [0.4, 0.5) is 4.39 Å². The van der Waals surface area contributed by atoms with Crippen molar-refractivity contribution >= 4 is 23.6 Å². The van der Waals surface area contributed by atoms with E-state index in [2.05, 4.69) is 5.32 Å². The van der Waals surface area contributed by atoms with Crippen molar-refractivity contribution in [2.75, 3.05) is 18.9 Å². The minimum Gasteiger partial charge on any atom is -0.456 e. The second-order valence-corrected chi connectivity index (χ2v) is 6.43. The van der Waals surface area contributed by atoms with Crippen molar-refractivity contribution < 1.29 is 18.7 Å². The van der Waals surface area contributed by atoms with E-state index in [1.54, 1.807) is 30.0 Å². The number of esters is 1. The van der Waals surface area contributed by atoms with Crippen molar-refractivity contribution in [1.82, 2.24) is 5.32 Å². The minimum atomic E-state index is -0.410. The molecule has 0 aliphatic heterocycles. The SMILES string of the molecule is O=C(COC(=O)CCSc1ccccc1)NCCc1ccccc1F. The Balaban J connectivity index is 1.56. The van der Waals surface area contributed by atoms with Crippen molar-refractivity contribution in [2.45, 2.75) is 17.7 Å². The first-order valence-corrected chi connectivity index (χ1v) is 8.97. The Hall–Kier alpha value is -2.34. The maximum Gasteiger partial charge on any atom is 0.307 e. The molecule has 2 rings (SSSR count). The smallest absolute Gasteiger partial charge is 0.307 e. The Morgan fingerprint density at radius 3 is 2.52 bits per heavy atom. The van der Waals surface area contributed by atoms with Crippen molar-refractivity contribution in [3.8, 4) is 0 Å². The third kappa shape index (κ3) is 7.39. The molecule has 0 spiro atoms. The number of hydrogen-bond donors (Lipinski definition) is 1. The molecule has 2 aromatic carbocycles. The standard InChI is InChI=1S/C19H20FNO3S/c20-17-9-5-4-6-15(17)10-12-21-18(22)14-24-19(23)11-13-25-16-7-2-1-3-8-16/h1-9H,10-14H2,(H,21,22). The molecule has 4 nitrogen and oxygen atoms in total. The van der Waals surface area contributed by atoms with Gasteiger partial charge in [-0.05, 0) is 30.2 Å². The lowest BCUT2D eigenvalue weighted by Gasteiger charge is -2.07. The first kappa shape index (κ1) is 19.0. The van der Waals surface area contributed by atoms with Gasteiger partial charge in [0.15, 0.2) is 6.61 Å². The molecule has 25 heavy (non-hydrogen) atoms. The number of benzene rings is 2. The first-order valence-electron chi connectivity index (χ1n) is 7.99. The largest absolute Gasteiger partial charge is 0.456 e. The van der Waals surface area contributed by atoms with Crippen LogP contribution in [0.15, 0.2) is 59.5 Å². The predicted molar refractivity (Wildman–Crippen MR) is 95.9 cm³/mol. The van der Waals surface area contributed by atoms with Gasteiger partial charge >= 0.3 is 5.97 Å². The number of rotatable bonds is 9. The summed E-state index contributed by atoms with van der Waals surface area (Å²) >= 11 is 1.56. The van der Waals surface area contributed by atoms with Gasteiger partial charge in [0.05, 0.1) is 6.42 Å². The molecule has 1 amide bonds. The quantitative estimate of drug-likeness (QED) is 0.550. The van der Waals surface area contributed by atoms with Crippen LogP contribution in [-0.2, 0) is 20.7 Å². The third-order valence-corrected chi connectivity index (χ3v) is 4.37. The zero-order chi connectivity index (χ0) is 17.9. The van der Waals surface area contributed by atoms with Gasteiger partial charge in [-0.15, -0.1) is 11.8 Å². The normalized spacial score (nSPS) is 10.3. The lowest BCUT2D eigenvalue weighted by Crippen LogP contribution is -2.30. The topological polar surface area (TPSA) is 55.4 Å². The van der Waals surface area contributed by atoms with Crippen LogP contribution in [0, 0.1) is 5.82 Å². The lowest BCUT2D eigenvalue weighted by molar-refractivity contribution is -0.148. The number of halogens is 1. The Bertz CT molecular complexity index is 694. The molecule has 0 heterocycles. The van der Waals surface area contributed by atoms with Gasteiger partial charge in [-0.1, -0.05) is 36.4 Å². The molecule has 0 atom stereocenters. The highest BCUT2D eigenvalue weighted by molar-refractivity contribution is 7.99. The molecule has 0 bridgehead atoms. The zero-order valence-corrected chi connectivity index (χ0v) is 14.6. The summed E-state index contributed by atoms with van der Waals surface area (Å²) in [5, 5.41) is 2.61. The van der Waals surface area contributed by atoms with Gasteiger partial charge in [0, 0.05) is 17.2 Å². The Morgan fingerprint density at radius 2 is 1.76 bits per heavy atom. The molecular weight excluding hydrogens is 341 g/mol. The summed E-state index contributed by atoms with van der Waals surface area (Å²) in [5.41, 5.74) is 0.540. The Kier molecular flexibility index (Phi) is 7.98. The molecule has 2 aromatic rings. The van der Waals surface area contributed by atoms with Crippen LogP contribution < -0.4 is 5.32 Å². The molecular formula is C19H20FNO3S. The molecule has 132 valence electrons. The molecule has 0 aliphatic carbocycles. The van der Waals surface area contributed by atoms with Crippen molar-refractivity contribution in [1.29, 1.82) is 0 Å². The summed E-state index contributed by atoms with van der Waals surface area (Å²) in [6.45, 7) is -0.0206. The number of nitrogens with one attached hydrogen (secondary N) is 1. The molecule has 0 radical (unpaired) electrons. The van der Waals surface area contributed by atoms with Gasteiger partial charge in [-0.3, -0.25) is 9.59 Å². The number of hydrogen-bond acceptors (Lipinski definition) is 4. The number of thioether (sulfide) groups is 1. The van der Waals surface area contributed by atoms with Crippen molar-refractivity contribution in [3.63, 3.8) is 0 Å². The molecule has 0 unspecified atom stereocenters. The summed E-state index contributed by atoms with van der Waals surface area (Å²) in [6, 6.07) is 16.2. The predicted octanol–water partition coefficient (Wildman–Crippen LogP) is 3.21. The van der Waals surface area contributed by atoms with E-state index in [4.69, 9.17) is 4.74 Å². The van der Waals surface area contributed by atoms with Crippen LogP contribution in [0.2, 0.25) is 0 Å². The molecule has 0 aliphatic rings. The van der Waals surface area contributed by atoms with E-state index in [0.29, 0.717) is 24.3 Å². The van der Waals surface area contributed by atoms with E-state index >= 15 is 0 Å². The van der Waals surface area contributed by atoms with Crippen LogP contribution >= 0.6 is 11.8 Å². The van der Waals surface area contributed by atoms with E-state index < -0.39 is 5.97 Å². The number of amides is 1. The Morgan fingerprint density at radius 1 is 1.04 bits per heavy atom. The van der Waals surface area contributed by atoms with Crippen molar-refractivity contribution in [3.05, 3.63) is 66.0 Å². The molecule has 0 fully saturated rings. The van der Waals surface area contributed by atoms with E-state index in [9.17, 15) is 14.0 Å². The molecule has 0 aromatic heterocycles. The molecule has 0 saturated heterocycles. The van der Waals surface area contributed by atoms with Gasteiger partial charge in [-0.25, -0.2) is 4.39 Å². The number of ether oxygens (including phenoxy) is 1. The van der Waals surface area contributed by atoms with E-state index in [1.165, 1.54) is 6.07 Å². The summed E-state index contributed by atoms with van der Waals surface area (Å²) in [4.78, 5) is 24.3. The second kappa shape index (κ2) is 10.5. The third-order valence-electron chi connectivity index (χ3n) is 3.36. The van der Waals surface area contributed by atoms with Crippen LogP contribution in [-0.4, -0.2) is 30.8 Å². The monoisotopic (exact) mass is 361 g/mol. The highest BCUT2D eigenvalue weighted by Crippen LogP contribution is 2.17. The highest BCUT2D eigenvalue weighted by Gasteiger charge is 2.08. The number of carbonyl (C=O) groups is 2. The van der Waals surface area contributed by atoms with Crippen LogP contribution in [0.5, 0.6) is 0 Å². The van der Waals surface area contributed by atoms with E-state index in [1.807, 2.05) is 30.3 Å². The van der Waals surface area contributed by atoms with Gasteiger partial charge in [0.25, 0.3) is 5.91 Å². The highest BCUT2D eigenvalue weighted by atomic mass is 32.2. The molecule has 1 N–H and O–H groups in total. The summed E-state index contributed by atoms with van der Waals surface area (Å²) < 4.78 is 18.4. The summed E-state index contributed by atoms with van der Waals surface area (Å²) in [7, 11) is 0. The molecule has 0 saturated carbocycles. The van der Waals surface area contributed by atoms with Gasteiger partial charge in [0.1, 0.15) is 5.82 Å². The maximum absolute atomic E-state index is 13.4.